The summed E-state index contributed by atoms with van der Waals surface area (Å²) in [6.45, 7) is 2.03. The SMILES string of the molecule is Cc1ccc(-n2cc(Oc3ccccc3F)cn2)cc1. The highest BCUT2D eigenvalue weighted by Crippen LogP contribution is 2.24. The zero-order chi connectivity index (χ0) is 13.9. The van der Waals surface area contributed by atoms with Crippen LogP contribution >= 0.6 is 0 Å². The molecule has 3 aromatic rings. The summed E-state index contributed by atoms with van der Waals surface area (Å²) < 4.78 is 20.7. The molecule has 0 N–H and O–H groups in total. The fourth-order valence-corrected chi connectivity index (χ4v) is 1.85. The van der Waals surface area contributed by atoms with Crippen molar-refractivity contribution in [1.29, 1.82) is 0 Å². The van der Waals surface area contributed by atoms with Gasteiger partial charge in [0.25, 0.3) is 0 Å². The summed E-state index contributed by atoms with van der Waals surface area (Å²) >= 11 is 0. The Morgan fingerprint density at radius 3 is 2.55 bits per heavy atom. The molecule has 2 aromatic carbocycles. The molecule has 0 saturated carbocycles. The highest BCUT2D eigenvalue weighted by atomic mass is 19.1. The van der Waals surface area contributed by atoms with Gasteiger partial charge in [-0.3, -0.25) is 0 Å². The van der Waals surface area contributed by atoms with Crippen LogP contribution in [0.2, 0.25) is 0 Å². The van der Waals surface area contributed by atoms with Crippen molar-refractivity contribution in [1.82, 2.24) is 9.78 Å². The number of rotatable bonds is 3. The Balaban J connectivity index is 1.84. The molecule has 1 aromatic heterocycles. The normalized spacial score (nSPS) is 10.5. The maximum atomic E-state index is 13.5. The third-order valence-corrected chi connectivity index (χ3v) is 2.92. The molecule has 1 heterocycles. The van der Waals surface area contributed by atoms with Gasteiger partial charge in [0, 0.05) is 0 Å². The van der Waals surface area contributed by atoms with E-state index in [1.165, 1.54) is 11.6 Å². The smallest absolute Gasteiger partial charge is 0.165 e. The van der Waals surface area contributed by atoms with Gasteiger partial charge in [0.1, 0.15) is 0 Å². The fraction of sp³-hybridized carbons (Fsp3) is 0.0625. The molecule has 0 unspecified atom stereocenters. The van der Waals surface area contributed by atoms with Crippen LogP contribution in [0, 0.1) is 12.7 Å². The number of hydrogen-bond donors (Lipinski definition) is 0. The molecule has 0 bridgehead atoms. The molecule has 3 nitrogen and oxygen atoms in total. The summed E-state index contributed by atoms with van der Waals surface area (Å²) in [6, 6.07) is 14.2. The van der Waals surface area contributed by atoms with E-state index in [4.69, 9.17) is 4.74 Å². The van der Waals surface area contributed by atoms with E-state index < -0.39 is 5.82 Å². The Kier molecular flexibility index (Phi) is 3.21. The van der Waals surface area contributed by atoms with Gasteiger partial charge in [0.2, 0.25) is 0 Å². The molecular formula is C16H13FN2O. The summed E-state index contributed by atoms with van der Waals surface area (Å²) in [5.74, 6) is 0.294. The minimum absolute atomic E-state index is 0.191. The second-order valence-electron chi connectivity index (χ2n) is 4.49. The van der Waals surface area contributed by atoms with Gasteiger partial charge >= 0.3 is 0 Å². The summed E-state index contributed by atoms with van der Waals surface area (Å²) in [4.78, 5) is 0. The largest absolute Gasteiger partial charge is 0.451 e. The number of aryl methyl sites for hydroxylation is 1. The summed E-state index contributed by atoms with van der Waals surface area (Å²) in [7, 11) is 0. The third-order valence-electron chi connectivity index (χ3n) is 2.92. The van der Waals surface area contributed by atoms with Crippen molar-refractivity contribution >= 4 is 0 Å². The molecule has 0 aliphatic heterocycles. The minimum Gasteiger partial charge on any atom is -0.451 e. The van der Waals surface area contributed by atoms with Gasteiger partial charge in [0.15, 0.2) is 17.3 Å². The number of halogens is 1. The van der Waals surface area contributed by atoms with Crippen molar-refractivity contribution in [2.45, 2.75) is 6.92 Å². The average molecular weight is 268 g/mol. The molecule has 0 fully saturated rings. The highest BCUT2D eigenvalue weighted by molar-refractivity contribution is 5.36. The number of ether oxygens (including phenoxy) is 1. The van der Waals surface area contributed by atoms with Crippen molar-refractivity contribution in [2.75, 3.05) is 0 Å². The maximum Gasteiger partial charge on any atom is 0.165 e. The average Bonchev–Trinajstić information content (AvgIpc) is 2.91. The zero-order valence-electron chi connectivity index (χ0n) is 11.0. The second-order valence-corrected chi connectivity index (χ2v) is 4.49. The van der Waals surface area contributed by atoms with Gasteiger partial charge in [0.05, 0.1) is 18.1 Å². The van der Waals surface area contributed by atoms with Gasteiger partial charge in [-0.2, -0.15) is 5.10 Å². The standard InChI is InChI=1S/C16H13FN2O/c1-12-6-8-13(9-7-12)19-11-14(10-18-19)20-16-5-3-2-4-15(16)17/h2-11H,1H3. The molecule has 0 aliphatic carbocycles. The molecule has 0 saturated heterocycles. The Bertz CT molecular complexity index is 719. The summed E-state index contributed by atoms with van der Waals surface area (Å²) in [5.41, 5.74) is 2.11. The van der Waals surface area contributed by atoms with E-state index in [0.717, 1.165) is 5.69 Å². The molecule has 0 radical (unpaired) electrons. The van der Waals surface area contributed by atoms with Crippen molar-refractivity contribution in [3.63, 3.8) is 0 Å². The lowest BCUT2D eigenvalue weighted by atomic mass is 10.2. The van der Waals surface area contributed by atoms with Gasteiger partial charge in [-0.1, -0.05) is 29.8 Å². The van der Waals surface area contributed by atoms with Gasteiger partial charge in [-0.25, -0.2) is 9.07 Å². The Morgan fingerprint density at radius 1 is 1.05 bits per heavy atom. The minimum atomic E-state index is -0.393. The van der Waals surface area contributed by atoms with Crippen LogP contribution in [0.15, 0.2) is 60.9 Å². The molecule has 20 heavy (non-hydrogen) atoms. The number of nitrogens with zero attached hydrogens (tertiary/aromatic N) is 2. The number of hydrogen-bond acceptors (Lipinski definition) is 2. The quantitative estimate of drug-likeness (QED) is 0.714. The molecule has 4 heteroatoms. The van der Waals surface area contributed by atoms with Crippen LogP contribution in [0.3, 0.4) is 0 Å². The maximum absolute atomic E-state index is 13.5. The lowest BCUT2D eigenvalue weighted by molar-refractivity contribution is 0.442. The van der Waals surface area contributed by atoms with Crippen LogP contribution in [0.4, 0.5) is 4.39 Å². The van der Waals surface area contributed by atoms with Crippen LogP contribution in [0.25, 0.3) is 5.69 Å². The van der Waals surface area contributed by atoms with E-state index in [2.05, 4.69) is 5.10 Å². The third kappa shape index (κ3) is 2.54. The zero-order valence-corrected chi connectivity index (χ0v) is 11.0. The highest BCUT2D eigenvalue weighted by Gasteiger charge is 2.06. The predicted octanol–water partition coefficient (Wildman–Crippen LogP) is 4.11. The van der Waals surface area contributed by atoms with Crippen LogP contribution in [-0.4, -0.2) is 9.78 Å². The molecule has 0 atom stereocenters. The van der Waals surface area contributed by atoms with Crippen molar-refractivity contribution in [3.05, 3.63) is 72.3 Å². The lowest BCUT2D eigenvalue weighted by Crippen LogP contribution is -1.93. The van der Waals surface area contributed by atoms with Gasteiger partial charge < -0.3 is 4.74 Å². The lowest BCUT2D eigenvalue weighted by Gasteiger charge is -2.03. The monoisotopic (exact) mass is 268 g/mol. The van der Waals surface area contributed by atoms with Crippen LogP contribution < -0.4 is 4.74 Å². The number of aromatic nitrogens is 2. The topological polar surface area (TPSA) is 27.1 Å². The van der Waals surface area contributed by atoms with E-state index in [9.17, 15) is 4.39 Å². The van der Waals surface area contributed by atoms with Crippen LogP contribution in [0.5, 0.6) is 11.5 Å². The molecule has 0 spiro atoms. The Hall–Kier alpha value is -2.62. The number of benzene rings is 2. The van der Waals surface area contributed by atoms with Crippen molar-refractivity contribution < 1.29 is 9.13 Å². The first-order valence-electron chi connectivity index (χ1n) is 6.26. The first-order chi connectivity index (χ1) is 9.72. The van der Waals surface area contributed by atoms with E-state index in [1.807, 2.05) is 31.2 Å². The van der Waals surface area contributed by atoms with E-state index in [0.29, 0.717) is 5.75 Å². The van der Waals surface area contributed by atoms with Crippen LogP contribution in [0.1, 0.15) is 5.56 Å². The first kappa shape index (κ1) is 12.4. The van der Waals surface area contributed by atoms with E-state index in [1.54, 1.807) is 35.3 Å². The summed E-state index contributed by atoms with van der Waals surface area (Å²) in [5, 5.41) is 4.21. The molecule has 0 amide bonds. The Morgan fingerprint density at radius 2 is 1.80 bits per heavy atom. The predicted molar refractivity (Wildman–Crippen MR) is 74.8 cm³/mol. The first-order valence-corrected chi connectivity index (χ1v) is 6.26. The van der Waals surface area contributed by atoms with E-state index >= 15 is 0 Å². The fourth-order valence-electron chi connectivity index (χ4n) is 1.85. The molecule has 100 valence electrons. The number of para-hydroxylation sites is 1. The molecule has 0 aliphatic rings. The van der Waals surface area contributed by atoms with Crippen LogP contribution in [-0.2, 0) is 0 Å². The van der Waals surface area contributed by atoms with Gasteiger partial charge in [-0.05, 0) is 31.2 Å². The Labute approximate surface area is 116 Å². The summed E-state index contributed by atoms with van der Waals surface area (Å²) in [6.07, 6.45) is 3.28. The molecule has 3 rings (SSSR count). The van der Waals surface area contributed by atoms with Gasteiger partial charge in [-0.15, -0.1) is 0 Å². The van der Waals surface area contributed by atoms with E-state index in [-0.39, 0.29) is 5.75 Å². The molecular weight excluding hydrogens is 255 g/mol. The van der Waals surface area contributed by atoms with Crippen molar-refractivity contribution in [2.24, 2.45) is 0 Å². The van der Waals surface area contributed by atoms with Crippen molar-refractivity contribution in [3.8, 4) is 17.2 Å². The second kappa shape index (κ2) is 5.17.